The number of tetrazole rings is 1. The molecule has 0 atom stereocenters. The number of ether oxygens (including phenoxy) is 3. The van der Waals surface area contributed by atoms with Crippen LogP contribution in [0.5, 0.6) is 11.5 Å². The van der Waals surface area contributed by atoms with Gasteiger partial charge in [-0.05, 0) is 34.7 Å². The summed E-state index contributed by atoms with van der Waals surface area (Å²) in [6.45, 7) is -0.693. The summed E-state index contributed by atoms with van der Waals surface area (Å²) >= 11 is 0. The first-order valence-corrected chi connectivity index (χ1v) is 10.3. The predicted octanol–water partition coefficient (Wildman–Crippen LogP) is 3.43. The van der Waals surface area contributed by atoms with Crippen molar-refractivity contribution in [2.75, 3.05) is 11.9 Å². The number of benzene rings is 2. The number of nitrogens with zero attached hydrogens (tertiary/aromatic N) is 4. The molecular weight excluding hydrogens is 480 g/mol. The van der Waals surface area contributed by atoms with Crippen LogP contribution in [0.2, 0.25) is 0 Å². The Labute approximate surface area is 200 Å². The number of amides is 1. The fourth-order valence-corrected chi connectivity index (χ4v) is 3.26. The van der Waals surface area contributed by atoms with E-state index in [1.54, 1.807) is 36.4 Å². The minimum absolute atomic E-state index is 0.119. The summed E-state index contributed by atoms with van der Waals surface area (Å²) in [4.78, 5) is 25.4. The number of furan rings is 1. The molecular formula is C23H15F2N5O6. The van der Waals surface area contributed by atoms with Crippen LogP contribution in [-0.4, -0.2) is 45.0 Å². The quantitative estimate of drug-likeness (QED) is 0.303. The highest BCUT2D eigenvalue weighted by atomic mass is 19.3. The number of rotatable bonds is 7. The van der Waals surface area contributed by atoms with E-state index in [0.717, 1.165) is 10.7 Å². The molecule has 3 heterocycles. The molecule has 0 aliphatic carbocycles. The summed E-state index contributed by atoms with van der Waals surface area (Å²) < 4.78 is 46.7. The van der Waals surface area contributed by atoms with Crippen molar-refractivity contribution >= 4 is 29.3 Å². The average Bonchev–Trinajstić information content (AvgIpc) is 3.60. The Morgan fingerprint density at radius 3 is 2.64 bits per heavy atom. The molecule has 5 rings (SSSR count). The molecule has 0 bridgehead atoms. The van der Waals surface area contributed by atoms with E-state index in [0.29, 0.717) is 11.3 Å². The van der Waals surface area contributed by atoms with Crippen molar-refractivity contribution in [2.45, 2.75) is 6.29 Å². The lowest BCUT2D eigenvalue weighted by Crippen LogP contribution is -2.26. The number of hydrogen-bond acceptors (Lipinski definition) is 9. The van der Waals surface area contributed by atoms with E-state index in [1.807, 2.05) is 6.07 Å². The Morgan fingerprint density at radius 1 is 1.06 bits per heavy atom. The Balaban J connectivity index is 1.31. The Morgan fingerprint density at radius 2 is 1.86 bits per heavy atom. The number of nitrogens with one attached hydrogen (secondary N) is 1. The van der Waals surface area contributed by atoms with Crippen LogP contribution in [-0.2, 0) is 14.3 Å². The minimum Gasteiger partial charge on any atom is -0.465 e. The number of carbonyl (C=O) groups is 2. The van der Waals surface area contributed by atoms with E-state index < -0.39 is 24.8 Å². The number of halogens is 2. The predicted molar refractivity (Wildman–Crippen MR) is 118 cm³/mol. The third-order valence-corrected chi connectivity index (χ3v) is 4.78. The first-order chi connectivity index (χ1) is 17.4. The summed E-state index contributed by atoms with van der Waals surface area (Å²) in [7, 11) is 0. The molecule has 0 saturated heterocycles. The maximum Gasteiger partial charge on any atom is 0.586 e. The number of alkyl halides is 2. The van der Waals surface area contributed by atoms with Gasteiger partial charge in [0.05, 0.1) is 6.26 Å². The Bertz CT molecular complexity index is 1440. The Hall–Kier alpha value is -5.07. The topological polar surface area (TPSA) is 131 Å². The second-order valence-electron chi connectivity index (χ2n) is 7.28. The summed E-state index contributed by atoms with van der Waals surface area (Å²) in [6, 6.07) is 15.8. The van der Waals surface area contributed by atoms with Gasteiger partial charge in [-0.2, -0.15) is 4.68 Å². The molecule has 13 heteroatoms. The van der Waals surface area contributed by atoms with Gasteiger partial charge in [0.15, 0.2) is 29.6 Å². The number of anilines is 1. The number of carbonyl (C=O) groups excluding carboxylic acids is 2. The van der Waals surface area contributed by atoms with E-state index in [9.17, 15) is 18.4 Å². The molecule has 2 aromatic heterocycles. The van der Waals surface area contributed by atoms with E-state index in [-0.39, 0.29) is 28.7 Å². The van der Waals surface area contributed by atoms with Crippen LogP contribution in [0.4, 0.5) is 14.5 Å². The molecule has 0 saturated carbocycles. The van der Waals surface area contributed by atoms with Crippen LogP contribution in [0.3, 0.4) is 0 Å². The van der Waals surface area contributed by atoms with Gasteiger partial charge >= 0.3 is 12.3 Å². The summed E-state index contributed by atoms with van der Waals surface area (Å²) in [5, 5.41) is 13.9. The molecule has 1 N–H and O–H groups in total. The maximum absolute atomic E-state index is 13.2. The molecule has 4 aromatic rings. The van der Waals surface area contributed by atoms with E-state index in [2.05, 4.69) is 30.3 Å². The van der Waals surface area contributed by atoms with Crippen molar-refractivity contribution in [2.24, 2.45) is 0 Å². The van der Waals surface area contributed by atoms with Crippen molar-refractivity contribution in [3.05, 3.63) is 72.7 Å². The Kier molecular flexibility index (Phi) is 5.86. The molecule has 0 fully saturated rings. The molecule has 36 heavy (non-hydrogen) atoms. The summed E-state index contributed by atoms with van der Waals surface area (Å²) in [6.07, 6.45) is -1.01. The minimum atomic E-state index is -3.79. The molecule has 0 radical (unpaired) electrons. The van der Waals surface area contributed by atoms with Gasteiger partial charge in [0.2, 0.25) is 0 Å². The van der Waals surface area contributed by atoms with E-state index in [4.69, 9.17) is 9.15 Å². The SMILES string of the molecule is O=C(COC(=O)C(=Cc1ccco1)n1nnnc1-c1ccccc1)Nc1ccc2c(c1)OC(F)(F)O2. The zero-order chi connectivity index (χ0) is 25.1. The lowest BCUT2D eigenvalue weighted by molar-refractivity contribution is -0.286. The molecule has 182 valence electrons. The van der Waals surface area contributed by atoms with Gasteiger partial charge in [-0.15, -0.1) is 13.9 Å². The normalized spacial score (nSPS) is 13.9. The molecule has 1 amide bonds. The second-order valence-corrected chi connectivity index (χ2v) is 7.28. The average molecular weight is 495 g/mol. The third-order valence-electron chi connectivity index (χ3n) is 4.78. The number of aromatic nitrogens is 4. The van der Waals surface area contributed by atoms with Gasteiger partial charge in [-0.1, -0.05) is 30.3 Å². The number of hydrogen-bond donors (Lipinski definition) is 1. The van der Waals surface area contributed by atoms with Crippen LogP contribution < -0.4 is 14.8 Å². The van der Waals surface area contributed by atoms with Gasteiger partial charge < -0.3 is 23.9 Å². The van der Waals surface area contributed by atoms with Gasteiger partial charge in [-0.25, -0.2) is 4.79 Å². The van der Waals surface area contributed by atoms with Crippen LogP contribution in [0.25, 0.3) is 23.2 Å². The van der Waals surface area contributed by atoms with Crippen LogP contribution >= 0.6 is 0 Å². The highest BCUT2D eigenvalue weighted by Gasteiger charge is 2.43. The largest absolute Gasteiger partial charge is 0.586 e. The highest BCUT2D eigenvalue weighted by molar-refractivity contribution is 6.16. The van der Waals surface area contributed by atoms with Crippen LogP contribution in [0, 0.1) is 0 Å². The molecule has 11 nitrogen and oxygen atoms in total. The smallest absolute Gasteiger partial charge is 0.465 e. The van der Waals surface area contributed by atoms with Crippen molar-refractivity contribution in [1.82, 2.24) is 20.2 Å². The van der Waals surface area contributed by atoms with E-state index in [1.165, 1.54) is 24.5 Å². The van der Waals surface area contributed by atoms with E-state index >= 15 is 0 Å². The highest BCUT2D eigenvalue weighted by Crippen LogP contribution is 2.42. The van der Waals surface area contributed by atoms with Crippen molar-refractivity contribution in [3.63, 3.8) is 0 Å². The zero-order valence-corrected chi connectivity index (χ0v) is 18.1. The molecule has 0 spiro atoms. The standard InChI is InChI=1S/C23H15F2N5O6/c24-23(25)35-18-9-8-15(11-19(18)36-23)26-20(31)13-34-22(32)17(12-16-7-4-10-33-16)30-21(27-28-29-30)14-5-2-1-3-6-14/h1-12H,13H2,(H,26,31). The molecule has 1 aliphatic heterocycles. The zero-order valence-electron chi connectivity index (χ0n) is 18.1. The first-order valence-electron chi connectivity index (χ1n) is 10.3. The third kappa shape index (κ3) is 4.89. The van der Waals surface area contributed by atoms with Crippen molar-refractivity contribution < 1.29 is 37.0 Å². The van der Waals surface area contributed by atoms with Gasteiger partial charge in [0.1, 0.15) is 5.76 Å². The fourth-order valence-electron chi connectivity index (χ4n) is 3.26. The van der Waals surface area contributed by atoms with Crippen molar-refractivity contribution in [3.8, 4) is 22.9 Å². The second kappa shape index (κ2) is 9.29. The number of esters is 1. The van der Waals surface area contributed by atoms with Gasteiger partial charge in [0, 0.05) is 23.4 Å². The van der Waals surface area contributed by atoms with Gasteiger partial charge in [-0.3, -0.25) is 4.79 Å². The number of fused-ring (bicyclic) bond motifs is 1. The van der Waals surface area contributed by atoms with Crippen LogP contribution in [0.1, 0.15) is 5.76 Å². The fraction of sp³-hybridized carbons (Fsp3) is 0.0870. The lowest BCUT2D eigenvalue weighted by atomic mass is 10.2. The lowest BCUT2D eigenvalue weighted by Gasteiger charge is -2.10. The summed E-state index contributed by atoms with van der Waals surface area (Å²) in [5.41, 5.74) is 0.646. The summed E-state index contributed by atoms with van der Waals surface area (Å²) in [5.74, 6) is -1.49. The molecule has 1 aliphatic rings. The van der Waals surface area contributed by atoms with Crippen molar-refractivity contribution in [1.29, 1.82) is 0 Å². The molecule has 2 aromatic carbocycles. The molecule has 0 unspecified atom stereocenters. The van der Waals surface area contributed by atoms with Gasteiger partial charge in [0.25, 0.3) is 5.91 Å². The monoisotopic (exact) mass is 495 g/mol. The van der Waals surface area contributed by atoms with Crippen LogP contribution in [0.15, 0.2) is 71.3 Å². The first kappa shape index (κ1) is 22.7. The maximum atomic E-state index is 13.2.